The van der Waals surface area contributed by atoms with Gasteiger partial charge in [-0.05, 0) is 29.5 Å². The van der Waals surface area contributed by atoms with E-state index in [0.717, 1.165) is 29.0 Å². The molecule has 1 aromatic carbocycles. The number of rotatable bonds is 6. The molecule has 3 N–H and O–H groups in total. The average Bonchev–Trinajstić information content (AvgIpc) is 3.16. The molecule has 132 valence electrons. The molecule has 0 unspecified atom stereocenters. The van der Waals surface area contributed by atoms with E-state index in [0.29, 0.717) is 11.5 Å². The molecule has 3 aromatic rings. The first-order valence-corrected chi connectivity index (χ1v) is 10.5. The normalized spacial score (nSPS) is 12.0. The molecule has 0 aliphatic carbocycles. The lowest BCUT2D eigenvalue weighted by molar-refractivity contribution is -0.687. The fraction of sp³-hybridized carbons (Fsp3) is 0.278. The Bertz CT molecular complexity index is 941. The number of sulfonamides is 1. The lowest BCUT2D eigenvalue weighted by Crippen LogP contribution is -2.30. The molecule has 2 heterocycles. The highest BCUT2D eigenvalue weighted by Gasteiger charge is 2.20. The van der Waals surface area contributed by atoms with E-state index in [-0.39, 0.29) is 4.21 Å². The molecule has 0 aliphatic rings. The van der Waals surface area contributed by atoms with Gasteiger partial charge < -0.3 is 0 Å². The summed E-state index contributed by atoms with van der Waals surface area (Å²) in [5.41, 5.74) is 2.71. The molecular weight excluding hydrogens is 354 g/mol. The zero-order chi connectivity index (χ0) is 18.0. The van der Waals surface area contributed by atoms with E-state index in [1.165, 1.54) is 11.3 Å². The summed E-state index contributed by atoms with van der Waals surface area (Å²) in [5, 5.41) is 5.44. The number of primary sulfonamides is 1. The SMILES string of the molecule is CC(C)Cc1cc(-c2ccc(C[n+]3cc[nH]c3)cc2)c(S(N)(=O)=O)s1. The minimum atomic E-state index is -3.74. The highest BCUT2D eigenvalue weighted by Crippen LogP contribution is 2.35. The summed E-state index contributed by atoms with van der Waals surface area (Å²) >= 11 is 1.28. The van der Waals surface area contributed by atoms with Crippen molar-refractivity contribution in [3.63, 3.8) is 0 Å². The summed E-state index contributed by atoms with van der Waals surface area (Å²) in [6.45, 7) is 4.99. The van der Waals surface area contributed by atoms with Crippen LogP contribution in [0.15, 0.2) is 53.3 Å². The average molecular weight is 377 g/mol. The zero-order valence-corrected chi connectivity index (χ0v) is 15.9. The van der Waals surface area contributed by atoms with Crippen LogP contribution in [0.3, 0.4) is 0 Å². The van der Waals surface area contributed by atoms with Gasteiger partial charge in [-0.25, -0.2) is 18.1 Å². The molecule has 0 bridgehead atoms. The van der Waals surface area contributed by atoms with Gasteiger partial charge in [0.05, 0.1) is 0 Å². The highest BCUT2D eigenvalue weighted by molar-refractivity contribution is 7.91. The van der Waals surface area contributed by atoms with Crippen LogP contribution in [0.1, 0.15) is 24.3 Å². The quantitative estimate of drug-likeness (QED) is 0.649. The fourth-order valence-electron chi connectivity index (χ4n) is 2.76. The second kappa shape index (κ2) is 7.11. The molecule has 0 radical (unpaired) electrons. The van der Waals surface area contributed by atoms with Crippen LogP contribution < -0.4 is 9.71 Å². The number of thiophene rings is 1. The van der Waals surface area contributed by atoms with Crippen LogP contribution in [0.25, 0.3) is 11.1 Å². The van der Waals surface area contributed by atoms with Crippen LogP contribution in [0.2, 0.25) is 0 Å². The predicted molar refractivity (Wildman–Crippen MR) is 99.8 cm³/mol. The van der Waals surface area contributed by atoms with E-state index in [2.05, 4.69) is 18.8 Å². The molecule has 3 rings (SSSR count). The van der Waals surface area contributed by atoms with Crippen LogP contribution in [0.5, 0.6) is 0 Å². The number of nitrogens with zero attached hydrogens (tertiary/aromatic N) is 1. The number of aromatic amines is 1. The van der Waals surface area contributed by atoms with E-state index in [1.807, 2.05) is 53.6 Å². The first kappa shape index (κ1) is 17.8. The van der Waals surface area contributed by atoms with Crippen molar-refractivity contribution in [3.05, 3.63) is 59.5 Å². The maximum Gasteiger partial charge on any atom is 0.248 e. The Morgan fingerprint density at radius 3 is 2.52 bits per heavy atom. The molecule has 0 spiro atoms. The number of hydrogen-bond donors (Lipinski definition) is 2. The van der Waals surface area contributed by atoms with E-state index in [9.17, 15) is 8.42 Å². The van der Waals surface area contributed by atoms with Gasteiger partial charge in [-0.15, -0.1) is 11.3 Å². The number of imidazole rings is 1. The van der Waals surface area contributed by atoms with Gasteiger partial charge in [0.2, 0.25) is 16.4 Å². The molecule has 2 aromatic heterocycles. The largest absolute Gasteiger partial charge is 0.250 e. The second-order valence-corrected chi connectivity index (χ2v) is 9.43. The Kier molecular flexibility index (Phi) is 5.08. The first-order valence-electron chi connectivity index (χ1n) is 8.09. The first-order chi connectivity index (χ1) is 11.8. The second-order valence-electron chi connectivity index (χ2n) is 6.54. The summed E-state index contributed by atoms with van der Waals surface area (Å²) in [4.78, 5) is 4.06. The zero-order valence-electron chi connectivity index (χ0n) is 14.3. The van der Waals surface area contributed by atoms with Crippen LogP contribution in [0.4, 0.5) is 0 Å². The molecular formula is C18H22N3O2S2+. The molecule has 0 fully saturated rings. The number of nitrogens with one attached hydrogen (secondary N) is 1. The number of H-pyrrole nitrogens is 1. The highest BCUT2D eigenvalue weighted by atomic mass is 32.2. The molecule has 7 heteroatoms. The van der Waals surface area contributed by atoms with E-state index in [1.54, 1.807) is 0 Å². The van der Waals surface area contributed by atoms with Gasteiger partial charge in [-0.3, -0.25) is 4.98 Å². The lowest BCUT2D eigenvalue weighted by Gasteiger charge is -2.04. The van der Waals surface area contributed by atoms with Gasteiger partial charge in [-0.1, -0.05) is 38.1 Å². The van der Waals surface area contributed by atoms with Crippen LogP contribution >= 0.6 is 11.3 Å². The minimum Gasteiger partial charge on any atom is -0.250 e. The Labute approximate surface area is 152 Å². The molecule has 0 aliphatic heterocycles. The maximum absolute atomic E-state index is 12.0. The van der Waals surface area contributed by atoms with Gasteiger partial charge in [0.25, 0.3) is 0 Å². The predicted octanol–water partition coefficient (Wildman–Crippen LogP) is 2.92. The van der Waals surface area contributed by atoms with Crippen LogP contribution in [-0.4, -0.2) is 13.4 Å². The Hall–Kier alpha value is -1.96. The molecule has 25 heavy (non-hydrogen) atoms. The molecule has 0 amide bonds. The maximum atomic E-state index is 12.0. The van der Waals surface area contributed by atoms with Crippen LogP contribution in [0, 0.1) is 5.92 Å². The topological polar surface area (TPSA) is 79.8 Å². The number of benzene rings is 1. The molecule has 0 saturated carbocycles. The number of hydrogen-bond acceptors (Lipinski definition) is 3. The summed E-state index contributed by atoms with van der Waals surface area (Å²) < 4.78 is 26.3. The van der Waals surface area contributed by atoms with Gasteiger partial charge in [0, 0.05) is 10.4 Å². The van der Waals surface area contributed by atoms with Gasteiger partial charge in [-0.2, -0.15) is 0 Å². The Morgan fingerprint density at radius 1 is 1.24 bits per heavy atom. The van der Waals surface area contributed by atoms with E-state index < -0.39 is 10.0 Å². The van der Waals surface area contributed by atoms with Gasteiger partial charge in [0.15, 0.2) is 0 Å². The standard InChI is InChI=1S/C18H21N3O2S2/c1-13(2)9-16-10-17(18(24-16)25(19,22)23)15-5-3-14(4-6-15)11-21-8-7-20-12-21/h3-8,10,12-13H,9,11H2,1-2H3,(H2,19,22,23)/p+1. The third-order valence-electron chi connectivity index (χ3n) is 3.85. The Balaban J connectivity index is 1.93. The summed E-state index contributed by atoms with van der Waals surface area (Å²) in [5.74, 6) is 0.459. The minimum absolute atomic E-state index is 0.246. The summed E-state index contributed by atoms with van der Waals surface area (Å²) in [6, 6.07) is 9.90. The van der Waals surface area contributed by atoms with Crippen LogP contribution in [-0.2, 0) is 23.0 Å². The van der Waals surface area contributed by atoms with Crippen molar-refractivity contribution in [2.45, 2.75) is 31.0 Å². The van der Waals surface area contributed by atoms with Crippen molar-refractivity contribution in [2.75, 3.05) is 0 Å². The van der Waals surface area contributed by atoms with E-state index in [4.69, 9.17) is 5.14 Å². The van der Waals surface area contributed by atoms with Crippen molar-refractivity contribution >= 4 is 21.4 Å². The molecule has 0 atom stereocenters. The van der Waals surface area contributed by atoms with Gasteiger partial charge >= 0.3 is 0 Å². The van der Waals surface area contributed by atoms with E-state index >= 15 is 0 Å². The fourth-order valence-corrected chi connectivity index (χ4v) is 5.15. The Morgan fingerprint density at radius 2 is 1.96 bits per heavy atom. The molecule has 0 saturated heterocycles. The van der Waals surface area contributed by atoms with Crippen molar-refractivity contribution < 1.29 is 13.0 Å². The smallest absolute Gasteiger partial charge is 0.248 e. The molecule has 5 nitrogen and oxygen atoms in total. The third kappa shape index (κ3) is 4.36. The lowest BCUT2D eigenvalue weighted by atomic mass is 10.0. The number of nitrogens with two attached hydrogens (primary N) is 1. The monoisotopic (exact) mass is 376 g/mol. The summed E-state index contributed by atoms with van der Waals surface area (Å²) in [7, 11) is -3.74. The summed E-state index contributed by atoms with van der Waals surface area (Å²) in [6.07, 6.45) is 6.57. The van der Waals surface area contributed by atoms with Gasteiger partial charge in [0.1, 0.15) is 23.1 Å². The van der Waals surface area contributed by atoms with Crippen molar-refractivity contribution in [2.24, 2.45) is 11.1 Å². The van der Waals surface area contributed by atoms with Crippen molar-refractivity contribution in [1.29, 1.82) is 0 Å². The van der Waals surface area contributed by atoms with Crippen molar-refractivity contribution in [3.8, 4) is 11.1 Å². The van der Waals surface area contributed by atoms with Crippen molar-refractivity contribution in [1.82, 2.24) is 4.98 Å². The third-order valence-corrected chi connectivity index (χ3v) is 6.49. The number of aromatic nitrogens is 2.